The molecule has 0 aromatic heterocycles. The number of rotatable bonds is 7. The lowest BCUT2D eigenvalue weighted by Gasteiger charge is -2.30. The third-order valence-corrected chi connectivity index (χ3v) is 6.87. The molecule has 8 nitrogen and oxygen atoms in total. The standard InChI is InChI=1S/C19H19O8P/c20-11-25-18(22)9-13(19(23)26-12-21)10-28(24)17-8-4-2-6-15(17)14-5-1-3-7-16(14)27-28/h1-8,13,20-21H,9-12H2. The van der Waals surface area contributed by atoms with Crippen molar-refractivity contribution in [1.82, 2.24) is 0 Å². The quantitative estimate of drug-likeness (QED) is 0.405. The molecule has 9 heteroatoms. The second kappa shape index (κ2) is 8.56. The van der Waals surface area contributed by atoms with Crippen LogP contribution in [0.4, 0.5) is 0 Å². The van der Waals surface area contributed by atoms with Gasteiger partial charge in [0, 0.05) is 5.56 Å². The average molecular weight is 406 g/mol. The highest BCUT2D eigenvalue weighted by atomic mass is 31.2. The summed E-state index contributed by atoms with van der Waals surface area (Å²) in [7, 11) is -3.60. The molecule has 0 amide bonds. The zero-order chi connectivity index (χ0) is 20.1. The van der Waals surface area contributed by atoms with Crippen LogP contribution in [0.2, 0.25) is 0 Å². The summed E-state index contributed by atoms with van der Waals surface area (Å²) < 4.78 is 28.7. The van der Waals surface area contributed by atoms with E-state index in [0.29, 0.717) is 11.1 Å². The Kier molecular flexibility index (Phi) is 6.14. The van der Waals surface area contributed by atoms with Crippen LogP contribution >= 0.6 is 7.37 Å². The second-order valence-corrected chi connectivity index (χ2v) is 8.48. The van der Waals surface area contributed by atoms with Crippen molar-refractivity contribution >= 4 is 24.6 Å². The molecule has 1 aliphatic heterocycles. The molecule has 0 saturated heterocycles. The number of hydrogen-bond acceptors (Lipinski definition) is 8. The highest BCUT2D eigenvalue weighted by molar-refractivity contribution is 7.67. The Labute approximate surface area is 161 Å². The summed E-state index contributed by atoms with van der Waals surface area (Å²) >= 11 is 0. The van der Waals surface area contributed by atoms with Gasteiger partial charge in [0.1, 0.15) is 5.75 Å². The van der Waals surface area contributed by atoms with E-state index in [0.717, 1.165) is 11.1 Å². The van der Waals surface area contributed by atoms with Crippen LogP contribution in [-0.2, 0) is 23.6 Å². The van der Waals surface area contributed by atoms with Gasteiger partial charge in [-0.2, -0.15) is 0 Å². The van der Waals surface area contributed by atoms with Crippen molar-refractivity contribution in [3.8, 4) is 16.9 Å². The van der Waals surface area contributed by atoms with Gasteiger partial charge in [0.15, 0.2) is 13.6 Å². The molecule has 3 rings (SSSR count). The summed E-state index contributed by atoms with van der Waals surface area (Å²) in [6, 6.07) is 14.1. The first-order valence-electron chi connectivity index (χ1n) is 8.50. The van der Waals surface area contributed by atoms with E-state index < -0.39 is 45.2 Å². The largest absolute Gasteiger partial charge is 0.439 e. The molecule has 0 aliphatic carbocycles. The van der Waals surface area contributed by atoms with Crippen LogP contribution in [-0.4, -0.2) is 41.9 Å². The number of aliphatic hydroxyl groups excluding tert-OH is 2. The van der Waals surface area contributed by atoms with E-state index in [-0.39, 0.29) is 6.16 Å². The Morgan fingerprint density at radius 2 is 1.61 bits per heavy atom. The van der Waals surface area contributed by atoms with Gasteiger partial charge in [0.2, 0.25) is 0 Å². The fourth-order valence-corrected chi connectivity index (χ4v) is 5.72. The predicted molar refractivity (Wildman–Crippen MR) is 99.1 cm³/mol. The van der Waals surface area contributed by atoms with Crippen LogP contribution < -0.4 is 9.83 Å². The average Bonchev–Trinajstić information content (AvgIpc) is 2.68. The van der Waals surface area contributed by atoms with Crippen molar-refractivity contribution in [3.63, 3.8) is 0 Å². The minimum atomic E-state index is -3.60. The number of hydrogen-bond donors (Lipinski definition) is 2. The van der Waals surface area contributed by atoms with Gasteiger partial charge in [0.25, 0.3) is 7.37 Å². The number of para-hydroxylation sites is 1. The Balaban J connectivity index is 1.97. The molecule has 1 heterocycles. The Morgan fingerprint density at radius 1 is 0.964 bits per heavy atom. The number of ether oxygens (including phenoxy) is 2. The summed E-state index contributed by atoms with van der Waals surface area (Å²) in [6.07, 6.45) is -0.797. The van der Waals surface area contributed by atoms with Crippen LogP contribution in [0.15, 0.2) is 48.5 Å². The first-order valence-corrected chi connectivity index (χ1v) is 10.3. The van der Waals surface area contributed by atoms with Crippen molar-refractivity contribution in [2.45, 2.75) is 6.42 Å². The zero-order valence-electron chi connectivity index (χ0n) is 14.8. The molecule has 0 saturated carbocycles. The van der Waals surface area contributed by atoms with Crippen molar-refractivity contribution in [2.24, 2.45) is 5.92 Å². The van der Waals surface area contributed by atoms with Gasteiger partial charge in [-0.05, 0) is 17.7 Å². The fraction of sp³-hybridized carbons (Fsp3) is 0.263. The summed E-state index contributed by atoms with van der Waals surface area (Å²) in [5.74, 6) is -2.54. The van der Waals surface area contributed by atoms with Gasteiger partial charge in [-0.3, -0.25) is 14.2 Å². The third kappa shape index (κ3) is 4.09. The SMILES string of the molecule is O=C(CC(CP1(=O)Oc2ccccc2-c2ccccc21)C(=O)OCO)OCO. The van der Waals surface area contributed by atoms with Gasteiger partial charge in [-0.15, -0.1) is 0 Å². The monoisotopic (exact) mass is 406 g/mol. The lowest BCUT2D eigenvalue weighted by atomic mass is 10.0. The molecule has 1 aliphatic rings. The number of aliphatic hydroxyl groups is 2. The first-order chi connectivity index (χ1) is 13.5. The molecule has 0 bridgehead atoms. The maximum atomic E-state index is 13.8. The van der Waals surface area contributed by atoms with E-state index in [1.54, 1.807) is 30.3 Å². The van der Waals surface area contributed by atoms with Gasteiger partial charge >= 0.3 is 11.9 Å². The molecule has 2 atom stereocenters. The smallest absolute Gasteiger partial charge is 0.312 e. The third-order valence-electron chi connectivity index (χ3n) is 4.33. The normalized spacial score (nSPS) is 18.2. The van der Waals surface area contributed by atoms with Crippen LogP contribution in [0.3, 0.4) is 0 Å². The molecule has 2 unspecified atom stereocenters. The van der Waals surface area contributed by atoms with E-state index in [2.05, 4.69) is 9.47 Å². The molecule has 0 fully saturated rings. The number of fused-ring (bicyclic) bond motifs is 3. The predicted octanol–water partition coefficient (Wildman–Crippen LogP) is 1.64. The topological polar surface area (TPSA) is 119 Å². The fourth-order valence-electron chi connectivity index (χ4n) is 3.14. The van der Waals surface area contributed by atoms with Crippen molar-refractivity contribution in [1.29, 1.82) is 0 Å². The van der Waals surface area contributed by atoms with Gasteiger partial charge in [-0.1, -0.05) is 36.4 Å². The molecule has 2 aromatic carbocycles. The van der Waals surface area contributed by atoms with E-state index in [1.165, 1.54) is 0 Å². The highest BCUT2D eigenvalue weighted by Crippen LogP contribution is 2.55. The number of carbonyl (C=O) groups excluding carboxylic acids is 2. The van der Waals surface area contributed by atoms with Crippen LogP contribution in [0.1, 0.15) is 6.42 Å². The summed E-state index contributed by atoms with van der Waals surface area (Å²) in [4.78, 5) is 24.0. The lowest BCUT2D eigenvalue weighted by molar-refractivity contribution is -0.163. The minimum Gasteiger partial charge on any atom is -0.439 e. The maximum Gasteiger partial charge on any atom is 0.312 e. The molecule has 2 N–H and O–H groups in total. The maximum absolute atomic E-state index is 13.8. The number of benzene rings is 2. The molecule has 0 radical (unpaired) electrons. The minimum absolute atomic E-state index is 0.322. The van der Waals surface area contributed by atoms with Gasteiger partial charge in [0.05, 0.1) is 23.8 Å². The molecule has 2 aromatic rings. The Morgan fingerprint density at radius 3 is 2.32 bits per heavy atom. The lowest BCUT2D eigenvalue weighted by Crippen LogP contribution is -2.30. The molecule has 0 spiro atoms. The van der Waals surface area contributed by atoms with Crippen LogP contribution in [0, 0.1) is 5.92 Å². The summed E-state index contributed by atoms with van der Waals surface area (Å²) in [5, 5.41) is 18.0. The molecule has 148 valence electrons. The summed E-state index contributed by atoms with van der Waals surface area (Å²) in [6.45, 7) is -1.72. The van der Waals surface area contributed by atoms with Crippen LogP contribution in [0.5, 0.6) is 5.75 Å². The van der Waals surface area contributed by atoms with E-state index in [4.69, 9.17) is 14.7 Å². The van der Waals surface area contributed by atoms with Crippen molar-refractivity contribution in [2.75, 3.05) is 19.7 Å². The highest BCUT2D eigenvalue weighted by Gasteiger charge is 2.41. The van der Waals surface area contributed by atoms with Crippen molar-refractivity contribution in [3.05, 3.63) is 48.5 Å². The first kappa shape index (κ1) is 20.1. The van der Waals surface area contributed by atoms with E-state index >= 15 is 0 Å². The van der Waals surface area contributed by atoms with E-state index in [1.807, 2.05) is 18.2 Å². The summed E-state index contributed by atoms with van der Waals surface area (Å²) in [5.41, 5.74) is 1.50. The zero-order valence-corrected chi connectivity index (χ0v) is 15.7. The van der Waals surface area contributed by atoms with Crippen LogP contribution in [0.25, 0.3) is 11.1 Å². The number of carbonyl (C=O) groups is 2. The number of esters is 2. The molecular formula is C19H19O8P. The van der Waals surface area contributed by atoms with Gasteiger partial charge < -0.3 is 24.2 Å². The second-order valence-electron chi connectivity index (χ2n) is 6.10. The Bertz CT molecular complexity index is 926. The van der Waals surface area contributed by atoms with Gasteiger partial charge in [-0.25, -0.2) is 0 Å². The van der Waals surface area contributed by atoms with Crippen molar-refractivity contribution < 1.29 is 38.4 Å². The molecular weight excluding hydrogens is 387 g/mol. The van der Waals surface area contributed by atoms with E-state index in [9.17, 15) is 14.2 Å². The Hall–Kier alpha value is -2.67. The molecule has 28 heavy (non-hydrogen) atoms.